The highest BCUT2D eigenvalue weighted by molar-refractivity contribution is 5.28. The number of hydrogen-bond donors (Lipinski definition) is 1. The number of nitrogens with zero attached hydrogens (tertiary/aromatic N) is 2. The molecule has 0 aliphatic heterocycles. The molecule has 1 N–H and O–H groups in total. The van der Waals surface area contributed by atoms with Crippen LogP contribution in [-0.2, 0) is 0 Å². The molecule has 0 radical (unpaired) electrons. The van der Waals surface area contributed by atoms with E-state index in [1.165, 1.54) is 0 Å². The van der Waals surface area contributed by atoms with Gasteiger partial charge in [-0.2, -0.15) is 0 Å². The molecule has 0 saturated carbocycles. The van der Waals surface area contributed by atoms with Gasteiger partial charge < -0.3 is 5.32 Å². The molecule has 3 nitrogen and oxygen atoms in total. The molecule has 68 valence electrons. The number of aromatic nitrogens is 2. The van der Waals surface area contributed by atoms with Gasteiger partial charge in [-0.25, -0.2) is 9.97 Å². The Morgan fingerprint density at radius 3 is 2.77 bits per heavy atom. The van der Waals surface area contributed by atoms with Gasteiger partial charge >= 0.3 is 0 Å². The first-order valence-corrected chi connectivity index (χ1v) is 4.36. The first-order chi connectivity index (χ1) is 6.36. The highest BCUT2D eigenvalue weighted by Crippen LogP contribution is 2.02. The van der Waals surface area contributed by atoms with Gasteiger partial charge in [-0.05, 0) is 12.5 Å². The van der Waals surface area contributed by atoms with Crippen molar-refractivity contribution in [3.63, 3.8) is 0 Å². The maximum absolute atomic E-state index is 5.34. The Bertz CT molecular complexity index is 276. The minimum absolute atomic E-state index is 0.0346. The van der Waals surface area contributed by atoms with E-state index in [1.54, 1.807) is 18.5 Å². The van der Waals surface area contributed by atoms with Gasteiger partial charge in [-0.3, -0.25) is 0 Å². The predicted octanol–water partition coefficient (Wildman–Crippen LogP) is 1.69. The Labute approximate surface area is 78.6 Å². The standard InChI is InChI=1S/C10H13N3/c1-3-6-9(4-2)13-10-11-7-5-8-12-10/h2,5,7-9H,3,6H2,1H3,(H,11,12,13). The Hall–Kier alpha value is -1.56. The topological polar surface area (TPSA) is 37.8 Å². The summed E-state index contributed by atoms with van der Waals surface area (Å²) in [5, 5.41) is 3.07. The molecule has 1 atom stereocenters. The van der Waals surface area contributed by atoms with Gasteiger partial charge in [0.1, 0.15) is 0 Å². The van der Waals surface area contributed by atoms with E-state index in [-0.39, 0.29) is 6.04 Å². The van der Waals surface area contributed by atoms with Gasteiger partial charge in [-0.15, -0.1) is 6.42 Å². The van der Waals surface area contributed by atoms with E-state index >= 15 is 0 Å². The van der Waals surface area contributed by atoms with Gasteiger partial charge in [-0.1, -0.05) is 19.3 Å². The summed E-state index contributed by atoms with van der Waals surface area (Å²) in [5.74, 6) is 3.26. The molecule has 0 aliphatic rings. The second-order valence-electron chi connectivity index (χ2n) is 2.72. The average molecular weight is 175 g/mol. The van der Waals surface area contributed by atoms with Crippen LogP contribution in [-0.4, -0.2) is 16.0 Å². The van der Waals surface area contributed by atoms with Gasteiger partial charge in [0.25, 0.3) is 0 Å². The van der Waals surface area contributed by atoms with E-state index < -0.39 is 0 Å². The van der Waals surface area contributed by atoms with Crippen molar-refractivity contribution < 1.29 is 0 Å². The van der Waals surface area contributed by atoms with Crippen LogP contribution in [0.3, 0.4) is 0 Å². The number of hydrogen-bond acceptors (Lipinski definition) is 3. The van der Waals surface area contributed by atoms with Crippen LogP contribution in [0.5, 0.6) is 0 Å². The Kier molecular flexibility index (Phi) is 3.77. The van der Waals surface area contributed by atoms with Crippen LogP contribution in [0.4, 0.5) is 5.95 Å². The molecule has 1 aromatic rings. The van der Waals surface area contributed by atoms with Gasteiger partial charge in [0, 0.05) is 12.4 Å². The zero-order valence-corrected chi connectivity index (χ0v) is 7.70. The quantitative estimate of drug-likeness (QED) is 0.708. The molecule has 0 amide bonds. The summed E-state index contributed by atoms with van der Waals surface area (Å²) in [4.78, 5) is 8.06. The zero-order valence-electron chi connectivity index (χ0n) is 7.70. The molecule has 1 aromatic heterocycles. The van der Waals surface area contributed by atoms with Crippen LogP contribution >= 0.6 is 0 Å². The molecular weight excluding hydrogens is 162 g/mol. The summed E-state index contributed by atoms with van der Waals surface area (Å²) in [6.45, 7) is 2.10. The summed E-state index contributed by atoms with van der Waals surface area (Å²) in [6.07, 6.45) is 10.7. The Morgan fingerprint density at radius 2 is 2.23 bits per heavy atom. The summed E-state index contributed by atoms with van der Waals surface area (Å²) in [6, 6.07) is 1.81. The van der Waals surface area contributed by atoms with Crippen LogP contribution in [0.15, 0.2) is 18.5 Å². The molecule has 0 fully saturated rings. The van der Waals surface area contributed by atoms with Crippen molar-refractivity contribution in [3.8, 4) is 12.3 Å². The van der Waals surface area contributed by atoms with Crippen molar-refractivity contribution in [1.29, 1.82) is 0 Å². The van der Waals surface area contributed by atoms with E-state index in [0.29, 0.717) is 5.95 Å². The Morgan fingerprint density at radius 1 is 1.54 bits per heavy atom. The first-order valence-electron chi connectivity index (χ1n) is 4.36. The largest absolute Gasteiger partial charge is 0.341 e. The zero-order chi connectivity index (χ0) is 9.52. The molecule has 13 heavy (non-hydrogen) atoms. The van der Waals surface area contributed by atoms with Gasteiger partial charge in [0.05, 0.1) is 6.04 Å². The van der Waals surface area contributed by atoms with Crippen LogP contribution in [0.25, 0.3) is 0 Å². The van der Waals surface area contributed by atoms with E-state index in [9.17, 15) is 0 Å². The number of terminal acetylenes is 1. The second kappa shape index (κ2) is 5.15. The molecule has 1 heterocycles. The summed E-state index contributed by atoms with van der Waals surface area (Å²) >= 11 is 0. The number of rotatable bonds is 4. The lowest BCUT2D eigenvalue weighted by Crippen LogP contribution is -2.18. The minimum atomic E-state index is 0.0346. The van der Waals surface area contributed by atoms with Crippen molar-refractivity contribution in [2.24, 2.45) is 0 Å². The molecule has 0 aliphatic carbocycles. The SMILES string of the molecule is C#CC(CCC)Nc1ncccn1. The Balaban J connectivity index is 2.53. The third-order valence-corrected chi connectivity index (χ3v) is 1.65. The lowest BCUT2D eigenvalue weighted by atomic mass is 10.2. The van der Waals surface area contributed by atoms with Crippen LogP contribution in [0.1, 0.15) is 19.8 Å². The summed E-state index contributed by atoms with van der Waals surface area (Å²) < 4.78 is 0. The van der Waals surface area contributed by atoms with Crippen molar-refractivity contribution in [2.45, 2.75) is 25.8 Å². The molecule has 1 unspecified atom stereocenters. The average Bonchev–Trinajstić information content (AvgIpc) is 2.19. The van der Waals surface area contributed by atoms with Crippen molar-refractivity contribution in [2.75, 3.05) is 5.32 Å². The lowest BCUT2D eigenvalue weighted by Gasteiger charge is -2.10. The fourth-order valence-electron chi connectivity index (χ4n) is 1.02. The van der Waals surface area contributed by atoms with Crippen LogP contribution in [0, 0.1) is 12.3 Å². The van der Waals surface area contributed by atoms with Crippen LogP contribution < -0.4 is 5.32 Å². The molecule has 1 rings (SSSR count). The molecular formula is C10H13N3. The molecule has 0 bridgehead atoms. The molecule has 3 heteroatoms. The smallest absolute Gasteiger partial charge is 0.223 e. The normalized spacial score (nSPS) is 11.7. The van der Waals surface area contributed by atoms with Crippen molar-refractivity contribution >= 4 is 5.95 Å². The van der Waals surface area contributed by atoms with E-state index in [2.05, 4.69) is 28.1 Å². The fraction of sp³-hybridized carbons (Fsp3) is 0.400. The van der Waals surface area contributed by atoms with E-state index in [1.807, 2.05) is 0 Å². The van der Waals surface area contributed by atoms with E-state index in [4.69, 9.17) is 6.42 Å². The number of anilines is 1. The maximum atomic E-state index is 5.34. The highest BCUT2D eigenvalue weighted by atomic mass is 15.1. The van der Waals surface area contributed by atoms with Crippen molar-refractivity contribution in [3.05, 3.63) is 18.5 Å². The van der Waals surface area contributed by atoms with Crippen molar-refractivity contribution in [1.82, 2.24) is 9.97 Å². The second-order valence-corrected chi connectivity index (χ2v) is 2.72. The van der Waals surface area contributed by atoms with Gasteiger partial charge in [0.2, 0.25) is 5.95 Å². The maximum Gasteiger partial charge on any atom is 0.223 e. The molecule has 0 spiro atoms. The predicted molar refractivity (Wildman–Crippen MR) is 53.2 cm³/mol. The first kappa shape index (κ1) is 9.53. The lowest BCUT2D eigenvalue weighted by molar-refractivity contribution is 0.748. The van der Waals surface area contributed by atoms with Crippen LogP contribution in [0.2, 0.25) is 0 Å². The van der Waals surface area contributed by atoms with E-state index in [0.717, 1.165) is 12.8 Å². The third-order valence-electron chi connectivity index (χ3n) is 1.65. The molecule has 0 aromatic carbocycles. The molecule has 0 saturated heterocycles. The summed E-state index contributed by atoms with van der Waals surface area (Å²) in [7, 11) is 0. The minimum Gasteiger partial charge on any atom is -0.341 e. The number of nitrogens with one attached hydrogen (secondary N) is 1. The van der Waals surface area contributed by atoms with Gasteiger partial charge in [0.15, 0.2) is 0 Å². The highest BCUT2D eigenvalue weighted by Gasteiger charge is 2.03. The fourth-order valence-corrected chi connectivity index (χ4v) is 1.02. The summed E-state index contributed by atoms with van der Waals surface area (Å²) in [5.41, 5.74) is 0. The third kappa shape index (κ3) is 3.12. The monoisotopic (exact) mass is 175 g/mol.